The Kier molecular flexibility index (Phi) is 6.84. The summed E-state index contributed by atoms with van der Waals surface area (Å²) in [6.07, 6.45) is 4.26. The molecule has 0 spiro atoms. The van der Waals surface area contributed by atoms with E-state index in [9.17, 15) is 0 Å². The molecule has 4 aromatic rings. The first kappa shape index (κ1) is 24.2. The van der Waals surface area contributed by atoms with Crippen molar-refractivity contribution in [3.8, 4) is 21.3 Å². The lowest BCUT2D eigenvalue weighted by Gasteiger charge is -2.22. The van der Waals surface area contributed by atoms with Gasteiger partial charge in [0.25, 0.3) is 0 Å². The lowest BCUT2D eigenvalue weighted by molar-refractivity contribution is 0.561. The van der Waals surface area contributed by atoms with E-state index in [1.165, 1.54) is 39.7 Å². The minimum atomic E-state index is -1.82. The van der Waals surface area contributed by atoms with Crippen LogP contribution in [-0.4, -0.2) is 29.1 Å². The van der Waals surface area contributed by atoms with E-state index in [0.717, 1.165) is 11.5 Å². The predicted molar refractivity (Wildman–Crippen MR) is 154 cm³/mol. The van der Waals surface area contributed by atoms with E-state index in [4.69, 9.17) is 8.85 Å². The van der Waals surface area contributed by atoms with Gasteiger partial charge in [-0.25, -0.2) is 0 Å². The second kappa shape index (κ2) is 9.04. The molecule has 0 aliphatic carbocycles. The average Bonchev–Trinajstić information content (AvgIpc) is 3.23. The molecule has 0 bridgehead atoms. The Morgan fingerprint density at radius 3 is 1.31 bits per heavy atom. The maximum Gasteiger partial charge on any atom is 0.242 e. The standard InChI is InChI=1S/C24H30O2S4Si2/c1-27-15-9-11-19-17(13-15)21(25-31(3,4)5)23(29-19)24-22(26-32(6,7)8)18-14-16(28-2)10-12-20(18)30-24/h9-14H,1-8H3. The summed E-state index contributed by atoms with van der Waals surface area (Å²) in [5.41, 5.74) is 0. The summed E-state index contributed by atoms with van der Waals surface area (Å²) >= 11 is 7.21. The molecule has 8 heteroatoms. The third-order valence-electron chi connectivity index (χ3n) is 4.72. The highest BCUT2D eigenvalue weighted by atomic mass is 32.2. The summed E-state index contributed by atoms with van der Waals surface area (Å²) in [6, 6.07) is 13.5. The number of thiophene rings is 2. The molecule has 0 atom stereocenters. The highest BCUT2D eigenvalue weighted by molar-refractivity contribution is 7.98. The Balaban J connectivity index is 2.03. The van der Waals surface area contributed by atoms with Gasteiger partial charge in [-0.2, -0.15) is 0 Å². The van der Waals surface area contributed by atoms with E-state index in [1.807, 2.05) is 22.7 Å². The highest BCUT2D eigenvalue weighted by Gasteiger charge is 2.29. The molecule has 0 N–H and O–H groups in total. The van der Waals surface area contributed by atoms with Crippen molar-refractivity contribution in [3.05, 3.63) is 36.4 Å². The van der Waals surface area contributed by atoms with Gasteiger partial charge in [0.1, 0.15) is 11.5 Å². The van der Waals surface area contributed by atoms with E-state index in [0.29, 0.717) is 0 Å². The van der Waals surface area contributed by atoms with Crippen LogP contribution in [0.3, 0.4) is 0 Å². The third kappa shape index (κ3) is 5.10. The number of rotatable bonds is 7. The second-order valence-corrected chi connectivity index (χ2v) is 22.4. The Hall–Kier alpha value is -0.906. The van der Waals surface area contributed by atoms with Crippen molar-refractivity contribution >= 4 is 83.0 Å². The number of benzene rings is 2. The summed E-state index contributed by atoms with van der Waals surface area (Å²) in [6.45, 7) is 13.5. The smallest absolute Gasteiger partial charge is 0.242 e. The molecule has 2 heterocycles. The molecule has 0 aliphatic heterocycles. The van der Waals surface area contributed by atoms with Crippen LogP contribution in [0.4, 0.5) is 0 Å². The predicted octanol–water partition coefficient (Wildman–Crippen LogP) is 9.65. The van der Waals surface area contributed by atoms with Crippen molar-refractivity contribution in [3.63, 3.8) is 0 Å². The van der Waals surface area contributed by atoms with Crippen LogP contribution in [0.25, 0.3) is 29.9 Å². The van der Waals surface area contributed by atoms with Gasteiger partial charge in [-0.3, -0.25) is 0 Å². The van der Waals surface area contributed by atoms with E-state index in [2.05, 4.69) is 88.2 Å². The van der Waals surface area contributed by atoms with Crippen molar-refractivity contribution in [2.24, 2.45) is 0 Å². The van der Waals surface area contributed by atoms with E-state index in [-0.39, 0.29) is 0 Å². The Morgan fingerprint density at radius 1 is 0.625 bits per heavy atom. The Bertz CT molecular complexity index is 1180. The summed E-state index contributed by atoms with van der Waals surface area (Å²) in [7, 11) is -3.64. The molecule has 0 radical (unpaired) electrons. The molecule has 0 saturated carbocycles. The molecule has 0 amide bonds. The highest BCUT2D eigenvalue weighted by Crippen LogP contribution is 2.54. The molecule has 0 fully saturated rings. The van der Waals surface area contributed by atoms with Gasteiger partial charge in [-0.05, 0) is 88.2 Å². The number of fused-ring (bicyclic) bond motifs is 2. The molecule has 32 heavy (non-hydrogen) atoms. The summed E-state index contributed by atoms with van der Waals surface area (Å²) < 4.78 is 16.1. The van der Waals surface area contributed by atoms with Gasteiger partial charge in [0.05, 0.1) is 9.75 Å². The molecule has 0 aliphatic rings. The monoisotopic (exact) mass is 534 g/mol. The zero-order valence-electron chi connectivity index (χ0n) is 19.9. The molecular weight excluding hydrogens is 505 g/mol. The van der Waals surface area contributed by atoms with Crippen molar-refractivity contribution in [2.75, 3.05) is 12.5 Å². The fourth-order valence-electron chi connectivity index (χ4n) is 3.48. The van der Waals surface area contributed by atoms with Crippen LogP contribution in [0, 0.1) is 0 Å². The van der Waals surface area contributed by atoms with Gasteiger partial charge in [-0.1, -0.05) is 0 Å². The number of hydrogen-bond acceptors (Lipinski definition) is 6. The van der Waals surface area contributed by atoms with Crippen LogP contribution >= 0.6 is 46.2 Å². The first-order chi connectivity index (χ1) is 15.0. The van der Waals surface area contributed by atoms with Crippen LogP contribution < -0.4 is 8.85 Å². The SMILES string of the molecule is CSc1ccc2sc(-c3sc4ccc(SC)cc4c3O[Si](C)(C)C)c(O[Si](C)(C)C)c2c1. The van der Waals surface area contributed by atoms with Gasteiger partial charge in [0.2, 0.25) is 16.6 Å². The van der Waals surface area contributed by atoms with Crippen LogP contribution in [0.15, 0.2) is 46.2 Å². The number of hydrogen-bond donors (Lipinski definition) is 0. The molecule has 0 saturated heterocycles. The summed E-state index contributed by atoms with van der Waals surface area (Å²) in [5, 5.41) is 2.45. The first-order valence-electron chi connectivity index (χ1n) is 10.6. The van der Waals surface area contributed by atoms with E-state index < -0.39 is 16.6 Å². The van der Waals surface area contributed by atoms with Crippen LogP contribution in [0.5, 0.6) is 11.5 Å². The minimum Gasteiger partial charge on any atom is -0.543 e. The quantitative estimate of drug-likeness (QED) is 0.173. The van der Waals surface area contributed by atoms with Crippen LogP contribution in [0.2, 0.25) is 39.3 Å². The van der Waals surface area contributed by atoms with Crippen molar-refractivity contribution < 1.29 is 8.85 Å². The van der Waals surface area contributed by atoms with E-state index in [1.54, 1.807) is 23.5 Å². The minimum absolute atomic E-state index is 1.04. The molecule has 0 unspecified atom stereocenters. The largest absolute Gasteiger partial charge is 0.543 e. The zero-order valence-corrected chi connectivity index (χ0v) is 25.2. The van der Waals surface area contributed by atoms with Crippen molar-refractivity contribution in [1.82, 2.24) is 0 Å². The average molecular weight is 535 g/mol. The molecular formula is C24H30O2S4Si2. The summed E-state index contributed by atoms with van der Waals surface area (Å²) in [4.78, 5) is 4.95. The maximum absolute atomic E-state index is 6.76. The summed E-state index contributed by atoms with van der Waals surface area (Å²) in [5.74, 6) is 2.08. The fraction of sp³-hybridized carbons (Fsp3) is 0.333. The second-order valence-electron chi connectivity index (χ2n) is 9.67. The van der Waals surface area contributed by atoms with E-state index >= 15 is 0 Å². The Morgan fingerprint density at radius 2 is 1.00 bits per heavy atom. The molecule has 2 nitrogen and oxygen atoms in total. The third-order valence-corrected chi connectivity index (χ3v) is 10.3. The van der Waals surface area contributed by atoms with Crippen LogP contribution in [0.1, 0.15) is 0 Å². The lowest BCUT2D eigenvalue weighted by Crippen LogP contribution is -2.30. The number of thioether (sulfide) groups is 2. The molecule has 4 rings (SSSR count). The van der Waals surface area contributed by atoms with Crippen LogP contribution in [-0.2, 0) is 0 Å². The molecule has 2 aromatic carbocycles. The van der Waals surface area contributed by atoms with Crippen molar-refractivity contribution in [2.45, 2.75) is 49.1 Å². The maximum atomic E-state index is 6.76. The van der Waals surface area contributed by atoms with Gasteiger partial charge < -0.3 is 8.85 Å². The van der Waals surface area contributed by atoms with Gasteiger partial charge >= 0.3 is 0 Å². The molecule has 2 aromatic heterocycles. The van der Waals surface area contributed by atoms with Gasteiger partial charge in [0.15, 0.2) is 0 Å². The van der Waals surface area contributed by atoms with Crippen molar-refractivity contribution in [1.29, 1.82) is 0 Å². The zero-order chi connectivity index (χ0) is 23.3. The van der Waals surface area contributed by atoms with Gasteiger partial charge in [-0.15, -0.1) is 46.2 Å². The van der Waals surface area contributed by atoms with Gasteiger partial charge in [0, 0.05) is 30.0 Å². The topological polar surface area (TPSA) is 18.5 Å². The fourth-order valence-corrected chi connectivity index (χ4v) is 8.50. The first-order valence-corrected chi connectivity index (χ1v) is 21.5. The molecule has 170 valence electrons. The normalized spacial score (nSPS) is 12.6. The lowest BCUT2D eigenvalue weighted by atomic mass is 10.2. The Labute approximate surface area is 210 Å².